The molecular formula is C15H24BrN3O. The summed E-state index contributed by atoms with van der Waals surface area (Å²) in [5, 5.41) is 7.75. The third kappa shape index (κ3) is 3.62. The SMILES string of the molecule is CCCn1ncc(NC2CCCC(CC)C2)c(Br)c1=O. The molecule has 1 N–H and O–H groups in total. The second kappa shape index (κ2) is 7.25. The van der Waals surface area contributed by atoms with Crippen LogP contribution in [0.5, 0.6) is 0 Å². The van der Waals surface area contributed by atoms with Gasteiger partial charge >= 0.3 is 0 Å². The Kier molecular flexibility index (Phi) is 5.64. The van der Waals surface area contributed by atoms with Crippen LogP contribution in [0, 0.1) is 5.92 Å². The molecule has 0 saturated heterocycles. The van der Waals surface area contributed by atoms with E-state index < -0.39 is 0 Å². The zero-order chi connectivity index (χ0) is 14.5. The standard InChI is InChI=1S/C15H24BrN3O/c1-3-8-19-15(20)14(16)13(10-17-19)18-12-7-5-6-11(4-2)9-12/h10-12,18H,3-9H2,1-2H3. The van der Waals surface area contributed by atoms with Crippen LogP contribution >= 0.6 is 15.9 Å². The molecular weight excluding hydrogens is 318 g/mol. The third-order valence-electron chi connectivity index (χ3n) is 4.14. The fourth-order valence-corrected chi connectivity index (χ4v) is 3.37. The molecule has 1 aliphatic rings. The smallest absolute Gasteiger partial charge is 0.283 e. The van der Waals surface area contributed by atoms with Crippen molar-refractivity contribution in [2.24, 2.45) is 5.92 Å². The molecule has 1 saturated carbocycles. The van der Waals surface area contributed by atoms with E-state index in [1.165, 1.54) is 36.8 Å². The molecule has 1 aromatic rings. The van der Waals surface area contributed by atoms with Gasteiger partial charge in [0.25, 0.3) is 5.56 Å². The van der Waals surface area contributed by atoms with Gasteiger partial charge in [0.1, 0.15) is 4.47 Å². The average Bonchev–Trinajstić information content (AvgIpc) is 2.47. The van der Waals surface area contributed by atoms with Gasteiger partial charge in [-0.2, -0.15) is 5.10 Å². The average molecular weight is 342 g/mol. The molecule has 2 rings (SSSR count). The molecule has 1 aromatic heterocycles. The summed E-state index contributed by atoms with van der Waals surface area (Å²) in [5.41, 5.74) is 0.795. The summed E-state index contributed by atoms with van der Waals surface area (Å²) in [6.45, 7) is 4.97. The van der Waals surface area contributed by atoms with Crippen LogP contribution < -0.4 is 10.9 Å². The van der Waals surface area contributed by atoms with Gasteiger partial charge in [-0.1, -0.05) is 33.1 Å². The summed E-state index contributed by atoms with van der Waals surface area (Å²) >= 11 is 3.42. The van der Waals surface area contributed by atoms with Crippen molar-refractivity contribution >= 4 is 21.6 Å². The molecule has 2 unspecified atom stereocenters. The first-order valence-electron chi connectivity index (χ1n) is 7.67. The zero-order valence-corrected chi connectivity index (χ0v) is 13.9. The second-order valence-electron chi connectivity index (χ2n) is 5.68. The van der Waals surface area contributed by atoms with Gasteiger partial charge in [0.15, 0.2) is 0 Å². The quantitative estimate of drug-likeness (QED) is 0.885. The van der Waals surface area contributed by atoms with Gasteiger partial charge in [-0.15, -0.1) is 0 Å². The predicted molar refractivity (Wildman–Crippen MR) is 86.1 cm³/mol. The van der Waals surface area contributed by atoms with E-state index in [4.69, 9.17) is 0 Å². The van der Waals surface area contributed by atoms with Crippen molar-refractivity contribution in [1.82, 2.24) is 9.78 Å². The molecule has 4 nitrogen and oxygen atoms in total. The Morgan fingerprint density at radius 1 is 1.45 bits per heavy atom. The highest BCUT2D eigenvalue weighted by molar-refractivity contribution is 9.10. The molecule has 0 radical (unpaired) electrons. The summed E-state index contributed by atoms with van der Waals surface area (Å²) in [5.74, 6) is 0.813. The summed E-state index contributed by atoms with van der Waals surface area (Å²) in [6.07, 6.45) is 8.92. The number of hydrogen-bond donors (Lipinski definition) is 1. The lowest BCUT2D eigenvalue weighted by Gasteiger charge is -2.30. The summed E-state index contributed by atoms with van der Waals surface area (Å²) in [6, 6.07) is 0.466. The van der Waals surface area contributed by atoms with Crippen molar-refractivity contribution in [3.8, 4) is 0 Å². The minimum absolute atomic E-state index is 0.0419. The van der Waals surface area contributed by atoms with Gasteiger partial charge in [0, 0.05) is 12.6 Å². The highest BCUT2D eigenvalue weighted by Gasteiger charge is 2.21. The lowest BCUT2D eigenvalue weighted by Crippen LogP contribution is -2.30. The van der Waals surface area contributed by atoms with Crippen molar-refractivity contribution in [3.63, 3.8) is 0 Å². The van der Waals surface area contributed by atoms with E-state index in [0.29, 0.717) is 17.1 Å². The Morgan fingerprint density at radius 3 is 2.95 bits per heavy atom. The van der Waals surface area contributed by atoms with Crippen LogP contribution in [0.1, 0.15) is 52.4 Å². The van der Waals surface area contributed by atoms with Crippen molar-refractivity contribution in [2.75, 3.05) is 5.32 Å². The minimum atomic E-state index is -0.0419. The Balaban J connectivity index is 2.10. The first-order chi connectivity index (χ1) is 9.65. The fourth-order valence-electron chi connectivity index (χ4n) is 2.95. The van der Waals surface area contributed by atoms with Gasteiger partial charge in [-0.25, -0.2) is 4.68 Å². The number of anilines is 1. The normalized spacial score (nSPS) is 22.8. The van der Waals surface area contributed by atoms with Crippen LogP contribution in [-0.2, 0) is 6.54 Å². The van der Waals surface area contributed by atoms with Gasteiger partial charge < -0.3 is 5.32 Å². The topological polar surface area (TPSA) is 46.9 Å². The second-order valence-corrected chi connectivity index (χ2v) is 6.48. The maximum Gasteiger partial charge on any atom is 0.283 e. The number of rotatable bonds is 5. The van der Waals surface area contributed by atoms with Crippen LogP contribution in [0.4, 0.5) is 5.69 Å². The van der Waals surface area contributed by atoms with Crippen molar-refractivity contribution < 1.29 is 0 Å². The van der Waals surface area contributed by atoms with E-state index >= 15 is 0 Å². The van der Waals surface area contributed by atoms with Crippen molar-refractivity contribution in [1.29, 1.82) is 0 Å². The summed E-state index contributed by atoms with van der Waals surface area (Å²) in [7, 11) is 0. The number of nitrogens with one attached hydrogen (secondary N) is 1. The molecule has 0 amide bonds. The van der Waals surface area contributed by atoms with Crippen LogP contribution in [0.15, 0.2) is 15.5 Å². The molecule has 2 atom stereocenters. The molecule has 0 aliphatic heterocycles. The molecule has 0 spiro atoms. The van der Waals surface area contributed by atoms with Crippen molar-refractivity contribution in [3.05, 3.63) is 21.0 Å². The van der Waals surface area contributed by atoms with Gasteiger partial charge in [0.2, 0.25) is 0 Å². The highest BCUT2D eigenvalue weighted by atomic mass is 79.9. The van der Waals surface area contributed by atoms with E-state index in [1.54, 1.807) is 6.20 Å². The predicted octanol–water partition coefficient (Wildman–Crippen LogP) is 3.80. The Morgan fingerprint density at radius 2 is 2.25 bits per heavy atom. The maximum absolute atomic E-state index is 12.2. The molecule has 0 bridgehead atoms. The van der Waals surface area contributed by atoms with Crippen LogP contribution in [-0.4, -0.2) is 15.8 Å². The molecule has 20 heavy (non-hydrogen) atoms. The number of aryl methyl sites for hydroxylation is 1. The first-order valence-corrected chi connectivity index (χ1v) is 8.47. The molecule has 1 aliphatic carbocycles. The molecule has 5 heteroatoms. The Bertz CT molecular complexity index is 500. The fraction of sp³-hybridized carbons (Fsp3) is 0.733. The Labute approximate surface area is 129 Å². The van der Waals surface area contributed by atoms with E-state index in [-0.39, 0.29) is 5.56 Å². The number of hydrogen-bond acceptors (Lipinski definition) is 3. The maximum atomic E-state index is 12.2. The number of halogens is 1. The van der Waals surface area contributed by atoms with Crippen LogP contribution in [0.3, 0.4) is 0 Å². The van der Waals surface area contributed by atoms with Gasteiger partial charge in [-0.05, 0) is 41.1 Å². The highest BCUT2D eigenvalue weighted by Crippen LogP contribution is 2.29. The Hall–Kier alpha value is -0.840. The lowest BCUT2D eigenvalue weighted by molar-refractivity contribution is 0.327. The van der Waals surface area contributed by atoms with E-state index in [1.807, 2.05) is 6.92 Å². The monoisotopic (exact) mass is 341 g/mol. The van der Waals surface area contributed by atoms with E-state index in [9.17, 15) is 4.79 Å². The molecule has 112 valence electrons. The van der Waals surface area contributed by atoms with Crippen LogP contribution in [0.2, 0.25) is 0 Å². The summed E-state index contributed by atoms with van der Waals surface area (Å²) < 4.78 is 2.13. The molecule has 1 fully saturated rings. The van der Waals surface area contributed by atoms with Crippen LogP contribution in [0.25, 0.3) is 0 Å². The lowest BCUT2D eigenvalue weighted by atomic mass is 9.84. The largest absolute Gasteiger partial charge is 0.380 e. The molecule has 1 heterocycles. The third-order valence-corrected chi connectivity index (χ3v) is 4.91. The minimum Gasteiger partial charge on any atom is -0.380 e. The summed E-state index contributed by atoms with van der Waals surface area (Å²) in [4.78, 5) is 12.2. The number of aromatic nitrogens is 2. The van der Waals surface area contributed by atoms with Crippen molar-refractivity contribution in [2.45, 2.75) is 65.0 Å². The first kappa shape index (κ1) is 15.5. The zero-order valence-electron chi connectivity index (χ0n) is 12.4. The van der Waals surface area contributed by atoms with E-state index in [0.717, 1.165) is 18.0 Å². The van der Waals surface area contributed by atoms with Gasteiger partial charge in [-0.3, -0.25) is 4.79 Å². The molecule has 0 aromatic carbocycles. The van der Waals surface area contributed by atoms with Gasteiger partial charge in [0.05, 0.1) is 11.9 Å². The number of nitrogens with zero attached hydrogens (tertiary/aromatic N) is 2. The van der Waals surface area contributed by atoms with E-state index in [2.05, 4.69) is 33.3 Å².